The molecule has 2 aromatic rings. The summed E-state index contributed by atoms with van der Waals surface area (Å²) in [7, 11) is -1.88. The summed E-state index contributed by atoms with van der Waals surface area (Å²) in [6.07, 6.45) is 6.54. The molecule has 0 radical (unpaired) electrons. The Morgan fingerprint density at radius 1 is 0.935 bits per heavy atom. The quantitative estimate of drug-likeness (QED) is 0.437. The first-order valence-electron chi connectivity index (χ1n) is 11.7. The molecule has 2 unspecified atom stereocenters. The number of allylic oxidation sites excluding steroid dienone is 2. The normalized spacial score (nSPS) is 21.4. The molecule has 0 aromatic heterocycles. The topological polar surface area (TPSA) is 9.23 Å². The summed E-state index contributed by atoms with van der Waals surface area (Å²) < 4.78 is 7.43. The fourth-order valence-electron chi connectivity index (χ4n) is 5.05. The molecule has 0 saturated carbocycles. The van der Waals surface area contributed by atoms with Crippen LogP contribution in [0.15, 0.2) is 84.5 Å². The van der Waals surface area contributed by atoms with Crippen LogP contribution in [0.25, 0.3) is 0 Å². The number of rotatable bonds is 8. The largest absolute Gasteiger partial charge is 0.405 e. The van der Waals surface area contributed by atoms with E-state index in [9.17, 15) is 0 Å². The van der Waals surface area contributed by atoms with Crippen LogP contribution in [0, 0.1) is 10.8 Å². The summed E-state index contributed by atoms with van der Waals surface area (Å²) in [5.74, 6) is 0. The maximum atomic E-state index is 7.43. The lowest BCUT2D eigenvalue weighted by atomic mass is 9.66. The van der Waals surface area contributed by atoms with Crippen LogP contribution in [0.4, 0.5) is 0 Å². The van der Waals surface area contributed by atoms with E-state index in [0.717, 1.165) is 25.7 Å². The van der Waals surface area contributed by atoms with Gasteiger partial charge in [0.1, 0.15) is 0 Å². The molecule has 3 rings (SSSR count). The van der Waals surface area contributed by atoms with Gasteiger partial charge in [-0.15, -0.1) is 0 Å². The SMILES string of the molecule is C=CC1=C(C)CCC1(C)C(C)(CCC(C)(C)C)O[SiH](c1ccccc1)c1ccccc1. The van der Waals surface area contributed by atoms with E-state index in [1.165, 1.54) is 21.5 Å². The zero-order chi connectivity index (χ0) is 22.7. The van der Waals surface area contributed by atoms with Gasteiger partial charge in [0.25, 0.3) is 0 Å². The van der Waals surface area contributed by atoms with E-state index in [1.807, 2.05) is 0 Å². The first-order chi connectivity index (χ1) is 14.6. The van der Waals surface area contributed by atoms with Gasteiger partial charge in [-0.05, 0) is 60.9 Å². The summed E-state index contributed by atoms with van der Waals surface area (Å²) in [5, 5.41) is 2.69. The maximum Gasteiger partial charge on any atom is 0.240 e. The van der Waals surface area contributed by atoms with Crippen LogP contribution >= 0.6 is 0 Å². The van der Waals surface area contributed by atoms with Gasteiger partial charge in [-0.25, -0.2) is 0 Å². The predicted octanol–water partition coefficient (Wildman–Crippen LogP) is 6.43. The van der Waals surface area contributed by atoms with Crippen molar-refractivity contribution in [1.29, 1.82) is 0 Å². The zero-order valence-electron chi connectivity index (χ0n) is 20.4. The average molecular weight is 433 g/mol. The molecule has 0 fully saturated rings. The Morgan fingerprint density at radius 2 is 1.45 bits per heavy atom. The maximum absolute atomic E-state index is 7.43. The van der Waals surface area contributed by atoms with E-state index < -0.39 is 9.04 Å². The molecule has 0 N–H and O–H groups in total. The van der Waals surface area contributed by atoms with Crippen LogP contribution in [-0.2, 0) is 4.43 Å². The molecule has 31 heavy (non-hydrogen) atoms. The van der Waals surface area contributed by atoms with Crippen molar-refractivity contribution in [3.8, 4) is 0 Å². The standard InChI is InChI=1S/C29H40OSi/c1-8-26-23(2)19-20-28(26,6)29(7,22-21-27(3,4)5)30-31(24-15-11-9-12-16-24)25-17-13-10-14-18-25/h8-18,31H,1,19-22H2,2-7H3. The first-order valence-corrected chi connectivity index (χ1v) is 13.3. The minimum Gasteiger partial charge on any atom is -0.405 e. The molecule has 1 aliphatic rings. The second-order valence-electron chi connectivity index (χ2n) is 10.8. The highest BCUT2D eigenvalue weighted by molar-refractivity contribution is 6.80. The van der Waals surface area contributed by atoms with Crippen molar-refractivity contribution in [3.05, 3.63) is 84.5 Å². The van der Waals surface area contributed by atoms with E-state index in [-0.39, 0.29) is 16.4 Å². The lowest BCUT2D eigenvalue weighted by molar-refractivity contribution is -0.0286. The Morgan fingerprint density at radius 3 is 1.90 bits per heavy atom. The Bertz CT molecular complexity index is 869. The van der Waals surface area contributed by atoms with Crippen LogP contribution in [0.1, 0.15) is 67.2 Å². The van der Waals surface area contributed by atoms with E-state index in [2.05, 4.69) is 115 Å². The van der Waals surface area contributed by atoms with E-state index in [0.29, 0.717) is 0 Å². The molecule has 0 heterocycles. The molecule has 1 aliphatic carbocycles. The summed E-state index contributed by atoms with van der Waals surface area (Å²) in [4.78, 5) is 0. The van der Waals surface area contributed by atoms with Gasteiger partial charge in [0.05, 0.1) is 5.60 Å². The Labute approximate surface area is 192 Å². The second-order valence-corrected chi connectivity index (χ2v) is 13.2. The predicted molar refractivity (Wildman–Crippen MR) is 138 cm³/mol. The number of benzene rings is 2. The fourth-order valence-corrected chi connectivity index (χ4v) is 7.75. The van der Waals surface area contributed by atoms with Crippen molar-refractivity contribution < 1.29 is 4.43 Å². The number of hydrogen-bond acceptors (Lipinski definition) is 1. The van der Waals surface area contributed by atoms with Crippen LogP contribution in [0.3, 0.4) is 0 Å². The first kappa shape index (κ1) is 23.8. The average Bonchev–Trinajstić information content (AvgIpc) is 3.06. The van der Waals surface area contributed by atoms with Gasteiger partial charge >= 0.3 is 0 Å². The second kappa shape index (κ2) is 9.30. The van der Waals surface area contributed by atoms with Crippen molar-refractivity contribution in [2.24, 2.45) is 10.8 Å². The van der Waals surface area contributed by atoms with Gasteiger partial charge in [0.15, 0.2) is 0 Å². The van der Waals surface area contributed by atoms with Crippen molar-refractivity contribution in [2.75, 3.05) is 0 Å². The van der Waals surface area contributed by atoms with Crippen LogP contribution in [-0.4, -0.2) is 14.6 Å². The molecule has 0 bridgehead atoms. The van der Waals surface area contributed by atoms with Gasteiger partial charge < -0.3 is 4.43 Å². The van der Waals surface area contributed by atoms with Gasteiger partial charge in [-0.3, -0.25) is 0 Å². The minimum atomic E-state index is -1.88. The molecule has 0 aliphatic heterocycles. The van der Waals surface area contributed by atoms with Gasteiger partial charge in [-0.1, -0.05) is 107 Å². The third-order valence-electron chi connectivity index (χ3n) is 7.36. The van der Waals surface area contributed by atoms with Crippen molar-refractivity contribution in [3.63, 3.8) is 0 Å². The van der Waals surface area contributed by atoms with Gasteiger partial charge in [0, 0.05) is 5.41 Å². The van der Waals surface area contributed by atoms with E-state index >= 15 is 0 Å². The van der Waals surface area contributed by atoms with Crippen LogP contribution < -0.4 is 10.4 Å². The van der Waals surface area contributed by atoms with Crippen LogP contribution in [0.2, 0.25) is 0 Å². The summed E-state index contributed by atoms with van der Waals surface area (Å²) in [6, 6.07) is 21.8. The van der Waals surface area contributed by atoms with Crippen molar-refractivity contribution >= 4 is 19.4 Å². The lowest BCUT2D eigenvalue weighted by Crippen LogP contribution is -2.56. The van der Waals surface area contributed by atoms with E-state index in [4.69, 9.17) is 4.43 Å². The molecule has 0 amide bonds. The molecule has 2 atom stereocenters. The smallest absolute Gasteiger partial charge is 0.240 e. The summed E-state index contributed by atoms with van der Waals surface area (Å²) >= 11 is 0. The highest BCUT2D eigenvalue weighted by Crippen LogP contribution is 2.54. The summed E-state index contributed by atoms with van der Waals surface area (Å²) in [6.45, 7) is 18.3. The molecular formula is C29H40OSi. The lowest BCUT2D eigenvalue weighted by Gasteiger charge is -2.49. The molecule has 2 aromatic carbocycles. The Balaban J connectivity index is 2.09. The fraction of sp³-hybridized carbons (Fsp3) is 0.448. The minimum absolute atomic E-state index is 0.0289. The van der Waals surface area contributed by atoms with Gasteiger partial charge in [-0.2, -0.15) is 0 Å². The third kappa shape index (κ3) is 5.13. The highest BCUT2D eigenvalue weighted by Gasteiger charge is 2.51. The molecule has 0 spiro atoms. The third-order valence-corrected chi connectivity index (χ3v) is 10.1. The number of hydrogen-bond donors (Lipinski definition) is 0. The molecular weight excluding hydrogens is 392 g/mol. The van der Waals surface area contributed by atoms with Crippen LogP contribution in [0.5, 0.6) is 0 Å². The highest BCUT2D eigenvalue weighted by atomic mass is 28.3. The molecule has 1 nitrogen and oxygen atoms in total. The van der Waals surface area contributed by atoms with Crippen molar-refractivity contribution in [2.45, 2.75) is 72.8 Å². The monoisotopic (exact) mass is 432 g/mol. The Hall–Kier alpha value is -1.90. The summed E-state index contributed by atoms with van der Waals surface area (Å²) in [5.41, 5.74) is 2.85. The van der Waals surface area contributed by atoms with E-state index in [1.54, 1.807) is 0 Å². The molecule has 0 saturated heterocycles. The molecule has 166 valence electrons. The Kier molecular flexibility index (Phi) is 7.13. The van der Waals surface area contributed by atoms with Crippen molar-refractivity contribution in [1.82, 2.24) is 0 Å². The van der Waals surface area contributed by atoms with Gasteiger partial charge in [0.2, 0.25) is 9.04 Å². The zero-order valence-corrected chi connectivity index (χ0v) is 21.5. The molecule has 2 heteroatoms.